The second kappa shape index (κ2) is 4.56. The van der Waals surface area contributed by atoms with E-state index in [1.807, 2.05) is 0 Å². The van der Waals surface area contributed by atoms with Crippen LogP contribution in [0.15, 0.2) is 30.3 Å². The smallest absolute Gasteiger partial charge is 0.273 e. The topological polar surface area (TPSA) is 93.0 Å². The SMILES string of the molecule is COc1cccc(NC(=O)c2cc(N)n[nH]2)c1. The molecule has 4 N–H and O–H groups in total. The largest absolute Gasteiger partial charge is 0.497 e. The van der Waals surface area contributed by atoms with Gasteiger partial charge in [0.2, 0.25) is 0 Å². The Morgan fingerprint density at radius 1 is 1.47 bits per heavy atom. The lowest BCUT2D eigenvalue weighted by Gasteiger charge is -2.05. The van der Waals surface area contributed by atoms with Crippen LogP contribution in [-0.2, 0) is 0 Å². The third-order valence-electron chi connectivity index (χ3n) is 2.17. The number of H-pyrrole nitrogens is 1. The molecule has 0 spiro atoms. The molecular formula is C11H12N4O2. The number of amides is 1. The Bertz CT molecular complexity index is 536. The molecule has 0 aliphatic heterocycles. The molecule has 2 aromatic rings. The Balaban J connectivity index is 2.12. The van der Waals surface area contributed by atoms with E-state index in [2.05, 4.69) is 15.5 Å². The van der Waals surface area contributed by atoms with Crippen LogP contribution in [0.4, 0.5) is 11.5 Å². The first-order valence-electron chi connectivity index (χ1n) is 4.95. The third-order valence-corrected chi connectivity index (χ3v) is 2.17. The van der Waals surface area contributed by atoms with Gasteiger partial charge in [-0.25, -0.2) is 0 Å². The second-order valence-electron chi connectivity index (χ2n) is 3.39. The standard InChI is InChI=1S/C11H12N4O2/c1-17-8-4-2-3-7(5-8)13-11(16)9-6-10(12)15-14-9/h2-6H,1H3,(H,13,16)(H3,12,14,15). The van der Waals surface area contributed by atoms with E-state index in [-0.39, 0.29) is 11.7 Å². The molecule has 6 heteroatoms. The van der Waals surface area contributed by atoms with E-state index in [0.29, 0.717) is 17.1 Å². The number of methoxy groups -OCH3 is 1. The Hall–Kier alpha value is -2.50. The van der Waals surface area contributed by atoms with Crippen molar-refractivity contribution in [1.29, 1.82) is 0 Å². The monoisotopic (exact) mass is 232 g/mol. The number of hydrogen-bond donors (Lipinski definition) is 3. The van der Waals surface area contributed by atoms with Gasteiger partial charge in [-0.2, -0.15) is 5.10 Å². The molecule has 88 valence electrons. The Morgan fingerprint density at radius 3 is 2.94 bits per heavy atom. The predicted molar refractivity (Wildman–Crippen MR) is 63.9 cm³/mol. The van der Waals surface area contributed by atoms with E-state index in [1.54, 1.807) is 31.4 Å². The molecule has 0 bridgehead atoms. The van der Waals surface area contributed by atoms with Gasteiger partial charge in [0, 0.05) is 17.8 Å². The maximum Gasteiger partial charge on any atom is 0.273 e. The molecule has 1 amide bonds. The number of nitrogens with zero attached hydrogens (tertiary/aromatic N) is 1. The number of aromatic amines is 1. The van der Waals surface area contributed by atoms with Crippen molar-refractivity contribution in [3.8, 4) is 5.75 Å². The molecule has 0 unspecified atom stereocenters. The minimum absolute atomic E-state index is 0.279. The van der Waals surface area contributed by atoms with Crippen LogP contribution in [0.25, 0.3) is 0 Å². The van der Waals surface area contributed by atoms with Crippen molar-refractivity contribution in [2.45, 2.75) is 0 Å². The van der Waals surface area contributed by atoms with E-state index in [1.165, 1.54) is 6.07 Å². The van der Waals surface area contributed by atoms with E-state index in [4.69, 9.17) is 10.5 Å². The van der Waals surface area contributed by atoms with E-state index in [9.17, 15) is 4.79 Å². The maximum atomic E-state index is 11.7. The van der Waals surface area contributed by atoms with Crippen molar-refractivity contribution in [3.05, 3.63) is 36.0 Å². The molecule has 0 saturated carbocycles. The highest BCUT2D eigenvalue weighted by atomic mass is 16.5. The summed E-state index contributed by atoms with van der Waals surface area (Å²) in [4.78, 5) is 11.7. The quantitative estimate of drug-likeness (QED) is 0.742. The fraction of sp³-hybridized carbons (Fsp3) is 0.0909. The number of anilines is 2. The average molecular weight is 232 g/mol. The zero-order valence-corrected chi connectivity index (χ0v) is 9.23. The number of nitrogens with two attached hydrogens (primary N) is 1. The van der Waals surface area contributed by atoms with Crippen LogP contribution >= 0.6 is 0 Å². The molecular weight excluding hydrogens is 220 g/mol. The fourth-order valence-corrected chi connectivity index (χ4v) is 1.35. The maximum absolute atomic E-state index is 11.7. The van der Waals surface area contributed by atoms with Gasteiger partial charge in [0.15, 0.2) is 0 Å². The summed E-state index contributed by atoms with van der Waals surface area (Å²) >= 11 is 0. The van der Waals surface area contributed by atoms with Crippen LogP contribution in [0.3, 0.4) is 0 Å². The number of hydrogen-bond acceptors (Lipinski definition) is 4. The normalized spacial score (nSPS) is 9.94. The van der Waals surface area contributed by atoms with Gasteiger partial charge in [0.1, 0.15) is 17.3 Å². The number of ether oxygens (including phenoxy) is 1. The van der Waals surface area contributed by atoms with Crippen LogP contribution in [-0.4, -0.2) is 23.2 Å². The zero-order chi connectivity index (χ0) is 12.3. The summed E-state index contributed by atoms with van der Waals surface area (Å²) in [7, 11) is 1.57. The molecule has 1 heterocycles. The van der Waals surface area contributed by atoms with Crippen molar-refractivity contribution in [2.75, 3.05) is 18.2 Å². The number of carbonyl (C=O) groups is 1. The minimum Gasteiger partial charge on any atom is -0.497 e. The molecule has 0 fully saturated rings. The molecule has 0 saturated heterocycles. The van der Waals surface area contributed by atoms with Gasteiger partial charge in [-0.15, -0.1) is 0 Å². The average Bonchev–Trinajstić information content (AvgIpc) is 2.76. The Labute approximate surface area is 97.8 Å². The van der Waals surface area contributed by atoms with Crippen LogP contribution in [0, 0.1) is 0 Å². The number of rotatable bonds is 3. The first-order valence-corrected chi connectivity index (χ1v) is 4.95. The Morgan fingerprint density at radius 2 is 2.29 bits per heavy atom. The third kappa shape index (κ3) is 2.54. The van der Waals surface area contributed by atoms with Crippen molar-refractivity contribution in [2.24, 2.45) is 0 Å². The van der Waals surface area contributed by atoms with E-state index >= 15 is 0 Å². The number of nitrogen functional groups attached to an aromatic ring is 1. The van der Waals surface area contributed by atoms with Crippen LogP contribution in [0.5, 0.6) is 5.75 Å². The van der Waals surface area contributed by atoms with Gasteiger partial charge in [0.25, 0.3) is 5.91 Å². The van der Waals surface area contributed by atoms with E-state index in [0.717, 1.165) is 0 Å². The highest BCUT2D eigenvalue weighted by Crippen LogP contribution is 2.17. The molecule has 0 aliphatic carbocycles. The summed E-state index contributed by atoms with van der Waals surface area (Å²) in [5, 5.41) is 8.92. The summed E-state index contributed by atoms with van der Waals surface area (Å²) in [6.45, 7) is 0. The summed E-state index contributed by atoms with van der Waals surface area (Å²) in [6.07, 6.45) is 0. The number of nitrogens with one attached hydrogen (secondary N) is 2. The van der Waals surface area contributed by atoms with Crippen molar-refractivity contribution in [1.82, 2.24) is 10.2 Å². The van der Waals surface area contributed by atoms with Crippen LogP contribution in [0.1, 0.15) is 10.5 Å². The lowest BCUT2D eigenvalue weighted by Crippen LogP contribution is -2.12. The number of carbonyl (C=O) groups excluding carboxylic acids is 1. The van der Waals surface area contributed by atoms with Crippen molar-refractivity contribution < 1.29 is 9.53 Å². The number of aromatic nitrogens is 2. The first kappa shape index (κ1) is 11.0. The van der Waals surface area contributed by atoms with Gasteiger partial charge in [-0.3, -0.25) is 9.89 Å². The summed E-state index contributed by atoms with van der Waals surface area (Å²) in [5.74, 6) is 0.648. The molecule has 0 atom stereocenters. The Kier molecular flexibility index (Phi) is 2.95. The van der Waals surface area contributed by atoms with Gasteiger partial charge < -0.3 is 15.8 Å². The fourth-order valence-electron chi connectivity index (χ4n) is 1.35. The molecule has 17 heavy (non-hydrogen) atoms. The van der Waals surface area contributed by atoms with Crippen LogP contribution < -0.4 is 15.8 Å². The molecule has 0 radical (unpaired) electrons. The predicted octanol–water partition coefficient (Wildman–Crippen LogP) is 1.25. The summed E-state index contributed by atoms with van der Waals surface area (Å²) < 4.78 is 5.05. The minimum atomic E-state index is -0.303. The lowest BCUT2D eigenvalue weighted by atomic mass is 10.3. The highest BCUT2D eigenvalue weighted by molar-refractivity contribution is 6.03. The van der Waals surface area contributed by atoms with Crippen molar-refractivity contribution >= 4 is 17.4 Å². The summed E-state index contributed by atoms with van der Waals surface area (Å²) in [5.41, 5.74) is 6.36. The molecule has 1 aromatic carbocycles. The van der Waals surface area contributed by atoms with E-state index < -0.39 is 0 Å². The summed E-state index contributed by atoms with van der Waals surface area (Å²) in [6, 6.07) is 8.53. The first-order chi connectivity index (χ1) is 8.19. The van der Waals surface area contributed by atoms with Crippen molar-refractivity contribution in [3.63, 3.8) is 0 Å². The number of benzene rings is 1. The molecule has 0 aliphatic rings. The molecule has 1 aromatic heterocycles. The molecule has 6 nitrogen and oxygen atoms in total. The second-order valence-corrected chi connectivity index (χ2v) is 3.39. The van der Waals surface area contributed by atoms with Gasteiger partial charge >= 0.3 is 0 Å². The van der Waals surface area contributed by atoms with Gasteiger partial charge in [-0.05, 0) is 12.1 Å². The highest BCUT2D eigenvalue weighted by Gasteiger charge is 2.09. The zero-order valence-electron chi connectivity index (χ0n) is 9.23. The van der Waals surface area contributed by atoms with Crippen LogP contribution in [0.2, 0.25) is 0 Å². The van der Waals surface area contributed by atoms with Gasteiger partial charge in [0.05, 0.1) is 7.11 Å². The lowest BCUT2D eigenvalue weighted by molar-refractivity contribution is 0.102. The molecule has 2 rings (SSSR count). The van der Waals surface area contributed by atoms with Gasteiger partial charge in [-0.1, -0.05) is 6.07 Å².